The first kappa shape index (κ1) is 25.0. The van der Waals surface area contributed by atoms with Crippen LogP contribution in [0.4, 0.5) is 0 Å². The number of hydrogen-bond acceptors (Lipinski definition) is 7. The highest BCUT2D eigenvalue weighted by Gasteiger charge is 2.36. The maximum Gasteiger partial charge on any atom is 0.338 e. The van der Waals surface area contributed by atoms with Crippen LogP contribution in [0.3, 0.4) is 0 Å². The van der Waals surface area contributed by atoms with Crippen LogP contribution in [-0.2, 0) is 9.53 Å². The number of esters is 1. The van der Waals surface area contributed by atoms with Crippen molar-refractivity contribution < 1.29 is 14.3 Å². The van der Waals surface area contributed by atoms with Crippen LogP contribution in [0.5, 0.6) is 5.75 Å². The molecule has 0 radical (unpaired) electrons. The molecule has 4 aromatic rings. The molecular formula is C29H26N2O4S2. The summed E-state index contributed by atoms with van der Waals surface area (Å²) in [5, 5.41) is 1.87. The SMILES string of the molecule is CCOC(=O)C1=C(C)N=c2s/c(=C/c3ccc(SC)cc3)c(=O)n2[C@@H]1c1c(OC)ccc2ccccc12. The molecule has 2 heterocycles. The van der Waals surface area contributed by atoms with Crippen LogP contribution >= 0.6 is 23.1 Å². The van der Waals surface area contributed by atoms with E-state index in [1.165, 1.54) is 11.3 Å². The first-order valence-corrected chi connectivity index (χ1v) is 13.9. The number of methoxy groups -OCH3 is 1. The Kier molecular flexibility index (Phi) is 7.04. The lowest BCUT2D eigenvalue weighted by atomic mass is 9.90. The summed E-state index contributed by atoms with van der Waals surface area (Å²) in [5.74, 6) is 0.0908. The van der Waals surface area contributed by atoms with Crippen LogP contribution in [0.2, 0.25) is 0 Å². The van der Waals surface area contributed by atoms with Crippen molar-refractivity contribution >= 4 is 45.9 Å². The van der Waals surface area contributed by atoms with Crippen molar-refractivity contribution in [2.24, 2.45) is 4.99 Å². The van der Waals surface area contributed by atoms with Crippen LogP contribution in [0.25, 0.3) is 16.8 Å². The lowest BCUT2D eigenvalue weighted by Crippen LogP contribution is -2.40. The number of carbonyl (C=O) groups excluding carboxylic acids is 1. The topological polar surface area (TPSA) is 69.9 Å². The Labute approximate surface area is 222 Å². The Morgan fingerprint density at radius 1 is 1.14 bits per heavy atom. The Morgan fingerprint density at radius 3 is 2.59 bits per heavy atom. The first-order valence-electron chi connectivity index (χ1n) is 11.9. The Balaban J connectivity index is 1.82. The molecular weight excluding hydrogens is 504 g/mol. The summed E-state index contributed by atoms with van der Waals surface area (Å²) in [6, 6.07) is 19.0. The maximum absolute atomic E-state index is 14.0. The molecule has 0 spiro atoms. The van der Waals surface area contributed by atoms with Crippen LogP contribution in [0.1, 0.15) is 31.0 Å². The highest BCUT2D eigenvalue weighted by Crippen LogP contribution is 2.40. The molecule has 0 N–H and O–H groups in total. The normalized spacial score (nSPS) is 15.5. The molecule has 0 bridgehead atoms. The van der Waals surface area contributed by atoms with Crippen LogP contribution < -0.4 is 19.6 Å². The number of benzene rings is 3. The molecule has 8 heteroatoms. The number of hydrogen-bond donors (Lipinski definition) is 0. The Morgan fingerprint density at radius 2 is 1.89 bits per heavy atom. The lowest BCUT2D eigenvalue weighted by molar-refractivity contribution is -0.139. The average molecular weight is 531 g/mol. The van der Waals surface area contributed by atoms with Gasteiger partial charge in [0.2, 0.25) is 0 Å². The number of aromatic nitrogens is 1. The number of fused-ring (bicyclic) bond motifs is 2. The Hall–Kier alpha value is -3.62. The summed E-state index contributed by atoms with van der Waals surface area (Å²) in [6.45, 7) is 3.76. The van der Waals surface area contributed by atoms with Gasteiger partial charge in [-0.2, -0.15) is 0 Å². The van der Waals surface area contributed by atoms with Crippen molar-refractivity contribution in [1.82, 2.24) is 4.57 Å². The number of carbonyl (C=O) groups is 1. The average Bonchev–Trinajstić information content (AvgIpc) is 3.21. The van der Waals surface area contributed by atoms with Crippen molar-refractivity contribution in [3.63, 3.8) is 0 Å². The van der Waals surface area contributed by atoms with E-state index in [4.69, 9.17) is 9.47 Å². The minimum absolute atomic E-state index is 0.214. The van der Waals surface area contributed by atoms with Gasteiger partial charge in [-0.3, -0.25) is 9.36 Å². The summed E-state index contributed by atoms with van der Waals surface area (Å²) in [6.07, 6.45) is 3.90. The van der Waals surface area contributed by atoms with Gasteiger partial charge in [0.25, 0.3) is 5.56 Å². The summed E-state index contributed by atoms with van der Waals surface area (Å²) in [5.41, 5.74) is 2.29. The molecule has 0 saturated carbocycles. The number of thioether (sulfide) groups is 1. The minimum atomic E-state index is -0.752. The van der Waals surface area contributed by atoms with Crippen molar-refractivity contribution in [3.05, 3.63) is 103 Å². The fourth-order valence-corrected chi connectivity index (χ4v) is 6.11. The summed E-state index contributed by atoms with van der Waals surface area (Å²) in [4.78, 5) is 33.6. The second kappa shape index (κ2) is 10.4. The fourth-order valence-electron chi connectivity index (χ4n) is 4.65. The van der Waals surface area contributed by atoms with E-state index in [2.05, 4.69) is 4.99 Å². The zero-order chi connectivity index (χ0) is 26.1. The largest absolute Gasteiger partial charge is 0.496 e. The van der Waals surface area contributed by atoms with Gasteiger partial charge in [-0.25, -0.2) is 9.79 Å². The van der Waals surface area contributed by atoms with Gasteiger partial charge in [-0.05, 0) is 60.7 Å². The zero-order valence-corrected chi connectivity index (χ0v) is 22.6. The molecule has 1 aliphatic rings. The van der Waals surface area contributed by atoms with Gasteiger partial charge in [0, 0.05) is 10.5 Å². The van der Waals surface area contributed by atoms with E-state index in [0.29, 0.717) is 26.4 Å². The predicted octanol–water partition coefficient (Wildman–Crippen LogP) is 4.68. The third-order valence-electron chi connectivity index (χ3n) is 6.35. The van der Waals surface area contributed by atoms with E-state index in [1.54, 1.807) is 37.3 Å². The van der Waals surface area contributed by atoms with Crippen LogP contribution in [0.15, 0.2) is 86.6 Å². The van der Waals surface area contributed by atoms with Gasteiger partial charge < -0.3 is 9.47 Å². The Bertz CT molecular complexity index is 1720. The molecule has 0 amide bonds. The molecule has 0 saturated heterocycles. The van der Waals surface area contributed by atoms with E-state index in [0.717, 1.165) is 26.8 Å². The molecule has 188 valence electrons. The monoisotopic (exact) mass is 530 g/mol. The minimum Gasteiger partial charge on any atom is -0.496 e. The van der Waals surface area contributed by atoms with E-state index in [9.17, 15) is 9.59 Å². The van der Waals surface area contributed by atoms with Crippen LogP contribution in [0, 0.1) is 0 Å². The van der Waals surface area contributed by atoms with E-state index in [1.807, 2.05) is 73.0 Å². The molecule has 1 atom stereocenters. The smallest absolute Gasteiger partial charge is 0.338 e. The standard InChI is InChI=1S/C29H26N2O4S2/c1-5-35-28(33)24-17(2)30-29-31(27(32)23(37-29)16-18-10-13-20(36-4)14-11-18)26(24)25-21-9-7-6-8-19(21)12-15-22(25)34-3/h6-16,26H,5H2,1-4H3/b23-16+/t26-/m0/s1. The van der Waals surface area contributed by atoms with Gasteiger partial charge in [0.05, 0.1) is 29.5 Å². The lowest BCUT2D eigenvalue weighted by Gasteiger charge is -2.27. The van der Waals surface area contributed by atoms with Gasteiger partial charge in [-0.15, -0.1) is 11.8 Å². The molecule has 37 heavy (non-hydrogen) atoms. The van der Waals surface area contributed by atoms with Gasteiger partial charge >= 0.3 is 5.97 Å². The molecule has 1 aliphatic heterocycles. The molecule has 3 aromatic carbocycles. The predicted molar refractivity (Wildman–Crippen MR) is 149 cm³/mol. The summed E-state index contributed by atoms with van der Waals surface area (Å²) < 4.78 is 13.4. The quantitative estimate of drug-likeness (QED) is 0.267. The van der Waals surface area contributed by atoms with Crippen molar-refractivity contribution in [1.29, 1.82) is 0 Å². The van der Waals surface area contributed by atoms with Gasteiger partial charge in [0.1, 0.15) is 11.8 Å². The zero-order valence-electron chi connectivity index (χ0n) is 21.0. The third-order valence-corrected chi connectivity index (χ3v) is 8.08. The van der Waals surface area contributed by atoms with E-state index < -0.39 is 12.0 Å². The highest BCUT2D eigenvalue weighted by atomic mass is 32.2. The fraction of sp³-hybridized carbons (Fsp3) is 0.207. The molecule has 0 fully saturated rings. The van der Waals surface area contributed by atoms with Crippen molar-refractivity contribution in [3.8, 4) is 5.75 Å². The highest BCUT2D eigenvalue weighted by molar-refractivity contribution is 7.98. The second-order valence-corrected chi connectivity index (χ2v) is 10.4. The number of thiazole rings is 1. The molecule has 5 rings (SSSR count). The molecule has 0 unspecified atom stereocenters. The van der Waals surface area contributed by atoms with Crippen LogP contribution in [-0.4, -0.2) is 30.5 Å². The maximum atomic E-state index is 14.0. The third kappa shape index (κ3) is 4.51. The molecule has 0 aliphatic carbocycles. The summed E-state index contributed by atoms with van der Waals surface area (Å²) >= 11 is 2.98. The molecule has 6 nitrogen and oxygen atoms in total. The molecule has 1 aromatic heterocycles. The number of nitrogens with zero attached hydrogens (tertiary/aromatic N) is 2. The van der Waals surface area contributed by atoms with Crippen molar-refractivity contribution in [2.45, 2.75) is 24.8 Å². The van der Waals surface area contributed by atoms with E-state index >= 15 is 0 Å². The van der Waals surface area contributed by atoms with Gasteiger partial charge in [-0.1, -0.05) is 53.8 Å². The van der Waals surface area contributed by atoms with Gasteiger partial charge in [0.15, 0.2) is 4.80 Å². The second-order valence-electron chi connectivity index (χ2n) is 8.48. The van der Waals surface area contributed by atoms with E-state index in [-0.39, 0.29) is 12.2 Å². The number of allylic oxidation sites excluding steroid dienone is 1. The first-order chi connectivity index (χ1) is 18.0. The number of rotatable bonds is 6. The summed E-state index contributed by atoms with van der Waals surface area (Å²) in [7, 11) is 1.59. The van der Waals surface area contributed by atoms with Crippen molar-refractivity contribution in [2.75, 3.05) is 20.0 Å². The number of ether oxygens (including phenoxy) is 2.